The summed E-state index contributed by atoms with van der Waals surface area (Å²) < 4.78 is 7.02. The average Bonchev–Trinajstić information content (AvgIpc) is 3.25. The molecule has 1 heterocycles. The summed E-state index contributed by atoms with van der Waals surface area (Å²) >= 11 is 0. The Balaban J connectivity index is 2.32. The van der Waals surface area contributed by atoms with Gasteiger partial charge in [0.25, 0.3) is 0 Å². The fourth-order valence-corrected chi connectivity index (χ4v) is 2.85. The van der Waals surface area contributed by atoms with Crippen LogP contribution in [0.25, 0.3) is 0 Å². The van der Waals surface area contributed by atoms with Crippen LogP contribution in [0.2, 0.25) is 0 Å². The Morgan fingerprint density at radius 3 is 2.65 bits per heavy atom. The van der Waals surface area contributed by atoms with Crippen LogP contribution in [0.4, 0.5) is 0 Å². The third kappa shape index (κ3) is 2.59. The van der Waals surface area contributed by atoms with Crippen molar-refractivity contribution in [3.05, 3.63) is 17.5 Å². The van der Waals surface area contributed by atoms with E-state index in [2.05, 4.69) is 30.3 Å². The average molecular weight is 279 g/mol. The number of likely N-dealkylation sites (N-methyl/N-ethyl adjacent to an activating group) is 1. The molecule has 1 aromatic heterocycles. The molecule has 0 spiro atoms. The van der Waals surface area contributed by atoms with Crippen LogP contribution in [0.5, 0.6) is 0 Å². The lowest BCUT2D eigenvalue weighted by atomic mass is 9.93. The van der Waals surface area contributed by atoms with E-state index in [9.17, 15) is 4.79 Å². The summed E-state index contributed by atoms with van der Waals surface area (Å²) in [6.07, 6.45) is 3.96. The van der Waals surface area contributed by atoms with E-state index in [0.29, 0.717) is 12.5 Å². The number of esters is 1. The van der Waals surface area contributed by atoms with Crippen LogP contribution in [0.3, 0.4) is 0 Å². The lowest BCUT2D eigenvalue weighted by Gasteiger charge is -2.31. The molecule has 112 valence electrons. The van der Waals surface area contributed by atoms with Crippen molar-refractivity contribution >= 4 is 5.97 Å². The Hall–Kier alpha value is -1.36. The van der Waals surface area contributed by atoms with E-state index < -0.39 is 5.54 Å². The van der Waals surface area contributed by atoms with Crippen LogP contribution >= 0.6 is 0 Å². The molecule has 1 aliphatic carbocycles. The molecule has 1 atom stereocenters. The number of rotatable bonds is 7. The number of aromatic nitrogens is 2. The summed E-state index contributed by atoms with van der Waals surface area (Å²) in [7, 11) is 3.29. The maximum atomic E-state index is 12.3. The van der Waals surface area contributed by atoms with E-state index in [1.54, 1.807) is 0 Å². The summed E-state index contributed by atoms with van der Waals surface area (Å²) in [5, 5.41) is 7.85. The second-order valence-corrected chi connectivity index (χ2v) is 5.48. The van der Waals surface area contributed by atoms with Gasteiger partial charge in [0.05, 0.1) is 19.3 Å². The van der Waals surface area contributed by atoms with Crippen molar-refractivity contribution in [2.24, 2.45) is 5.92 Å². The summed E-state index contributed by atoms with van der Waals surface area (Å²) in [5.41, 5.74) is 1.61. The van der Waals surface area contributed by atoms with E-state index in [4.69, 9.17) is 4.74 Å². The molecule has 2 rings (SSSR count). The standard InChI is InChI=1S/C15H25N3O2/c1-5-12-9-13(6-2)18(17-12)10-15(16-3,11-7-8-11)14(19)20-4/h9,11,16H,5-8,10H2,1-4H3. The van der Waals surface area contributed by atoms with E-state index in [0.717, 1.165) is 31.4 Å². The van der Waals surface area contributed by atoms with Gasteiger partial charge >= 0.3 is 5.97 Å². The molecule has 0 aliphatic heterocycles. The molecule has 0 saturated heterocycles. The van der Waals surface area contributed by atoms with E-state index >= 15 is 0 Å². The van der Waals surface area contributed by atoms with Gasteiger partial charge in [-0.3, -0.25) is 4.68 Å². The predicted octanol–water partition coefficient (Wildman–Crippen LogP) is 1.55. The first-order valence-electron chi connectivity index (χ1n) is 7.44. The number of aryl methyl sites for hydroxylation is 2. The first kappa shape index (κ1) is 15.0. The van der Waals surface area contributed by atoms with Gasteiger partial charge < -0.3 is 10.1 Å². The molecule has 20 heavy (non-hydrogen) atoms. The van der Waals surface area contributed by atoms with Crippen molar-refractivity contribution in [3.63, 3.8) is 0 Å². The fourth-order valence-electron chi connectivity index (χ4n) is 2.85. The van der Waals surface area contributed by atoms with Gasteiger partial charge in [-0.15, -0.1) is 0 Å². The summed E-state index contributed by atoms with van der Waals surface area (Å²) in [4.78, 5) is 12.3. The Morgan fingerprint density at radius 1 is 1.50 bits per heavy atom. The quantitative estimate of drug-likeness (QED) is 0.769. The van der Waals surface area contributed by atoms with Crippen LogP contribution in [-0.2, 0) is 28.9 Å². The smallest absolute Gasteiger partial charge is 0.328 e. The molecule has 1 aromatic rings. The fraction of sp³-hybridized carbons (Fsp3) is 0.733. The number of hydrogen-bond acceptors (Lipinski definition) is 4. The molecule has 1 aliphatic rings. The number of methoxy groups -OCH3 is 1. The SMILES string of the molecule is CCc1cc(CC)n(CC(NC)(C(=O)OC)C2CC2)n1. The first-order valence-corrected chi connectivity index (χ1v) is 7.44. The third-order valence-corrected chi connectivity index (χ3v) is 4.31. The van der Waals surface area contributed by atoms with Gasteiger partial charge in [-0.1, -0.05) is 13.8 Å². The molecule has 0 aromatic carbocycles. The molecular formula is C15H25N3O2. The molecule has 0 bridgehead atoms. The topological polar surface area (TPSA) is 56.2 Å². The number of carbonyl (C=O) groups is 1. The molecule has 5 nitrogen and oxygen atoms in total. The highest BCUT2D eigenvalue weighted by Gasteiger charge is 2.51. The van der Waals surface area contributed by atoms with E-state index in [-0.39, 0.29) is 5.97 Å². The monoisotopic (exact) mass is 279 g/mol. The highest BCUT2D eigenvalue weighted by atomic mass is 16.5. The molecule has 1 unspecified atom stereocenters. The molecular weight excluding hydrogens is 254 g/mol. The van der Waals surface area contributed by atoms with Gasteiger partial charge in [0, 0.05) is 5.69 Å². The minimum atomic E-state index is -0.643. The summed E-state index contributed by atoms with van der Waals surface area (Å²) in [6.45, 7) is 4.76. The van der Waals surface area contributed by atoms with Crippen LogP contribution in [0, 0.1) is 5.92 Å². The second kappa shape index (κ2) is 5.95. The maximum absolute atomic E-state index is 12.3. The van der Waals surface area contributed by atoms with Gasteiger partial charge in [0.1, 0.15) is 5.54 Å². The van der Waals surface area contributed by atoms with Crippen LogP contribution < -0.4 is 5.32 Å². The van der Waals surface area contributed by atoms with E-state index in [1.807, 2.05) is 11.7 Å². The summed E-state index contributed by atoms with van der Waals surface area (Å²) in [5.74, 6) is 0.164. The minimum Gasteiger partial charge on any atom is -0.468 e. The Bertz CT molecular complexity index is 479. The minimum absolute atomic E-state index is 0.182. The number of carbonyl (C=O) groups excluding carboxylic acids is 1. The highest BCUT2D eigenvalue weighted by molar-refractivity contribution is 5.81. The molecule has 0 amide bonds. The lowest BCUT2D eigenvalue weighted by molar-refractivity contribution is -0.150. The second-order valence-electron chi connectivity index (χ2n) is 5.48. The highest BCUT2D eigenvalue weighted by Crippen LogP contribution is 2.41. The molecule has 1 saturated carbocycles. The first-order chi connectivity index (χ1) is 9.61. The van der Waals surface area contributed by atoms with Crippen LogP contribution in [0.1, 0.15) is 38.1 Å². The van der Waals surface area contributed by atoms with Crippen molar-refractivity contribution in [1.29, 1.82) is 0 Å². The Morgan fingerprint density at radius 2 is 2.20 bits per heavy atom. The number of nitrogens with one attached hydrogen (secondary N) is 1. The number of ether oxygens (including phenoxy) is 1. The Labute approximate surface area is 120 Å². The zero-order valence-electron chi connectivity index (χ0n) is 12.9. The van der Waals surface area contributed by atoms with Crippen molar-refractivity contribution in [3.8, 4) is 0 Å². The largest absolute Gasteiger partial charge is 0.468 e. The third-order valence-electron chi connectivity index (χ3n) is 4.31. The van der Waals surface area contributed by atoms with Gasteiger partial charge in [0.2, 0.25) is 0 Å². The van der Waals surface area contributed by atoms with Gasteiger partial charge in [0.15, 0.2) is 0 Å². The lowest BCUT2D eigenvalue weighted by Crippen LogP contribution is -2.56. The number of nitrogens with zero attached hydrogens (tertiary/aromatic N) is 2. The van der Waals surface area contributed by atoms with Crippen molar-refractivity contribution < 1.29 is 9.53 Å². The van der Waals surface area contributed by atoms with Crippen molar-refractivity contribution in [1.82, 2.24) is 15.1 Å². The molecule has 1 fully saturated rings. The normalized spacial score (nSPS) is 17.8. The Kier molecular flexibility index (Phi) is 4.48. The number of hydrogen-bond donors (Lipinski definition) is 1. The molecule has 1 N–H and O–H groups in total. The van der Waals surface area contributed by atoms with Crippen LogP contribution in [-0.4, -0.2) is 35.4 Å². The van der Waals surface area contributed by atoms with E-state index in [1.165, 1.54) is 12.8 Å². The van der Waals surface area contributed by atoms with Crippen molar-refractivity contribution in [2.45, 2.75) is 51.6 Å². The molecule has 5 heteroatoms. The van der Waals surface area contributed by atoms with Crippen molar-refractivity contribution in [2.75, 3.05) is 14.2 Å². The zero-order chi connectivity index (χ0) is 14.8. The predicted molar refractivity (Wildman–Crippen MR) is 77.5 cm³/mol. The maximum Gasteiger partial charge on any atom is 0.328 e. The van der Waals surface area contributed by atoms with Gasteiger partial charge in [-0.05, 0) is 44.7 Å². The molecule has 0 radical (unpaired) electrons. The van der Waals surface area contributed by atoms with Crippen LogP contribution in [0.15, 0.2) is 6.07 Å². The zero-order valence-corrected chi connectivity index (χ0v) is 12.9. The van der Waals surface area contributed by atoms with Gasteiger partial charge in [-0.25, -0.2) is 4.79 Å². The summed E-state index contributed by atoms with van der Waals surface area (Å²) in [6, 6.07) is 2.13. The van der Waals surface area contributed by atoms with Gasteiger partial charge in [-0.2, -0.15) is 5.10 Å².